The van der Waals surface area contributed by atoms with Crippen LogP contribution in [0.2, 0.25) is 0 Å². The molecule has 6 nitrogen and oxygen atoms in total. The van der Waals surface area contributed by atoms with E-state index in [9.17, 15) is 13.2 Å². The van der Waals surface area contributed by atoms with E-state index in [1.165, 1.54) is 12.1 Å². The van der Waals surface area contributed by atoms with Crippen LogP contribution in [0.4, 0.5) is 0 Å². The number of carbonyl (C=O) groups excluding carboxylic acids is 1. The standard InChI is InChI=1S/C13H19N3O3S/c14-11-7-9-16(10-11)13(17)6-8-15-20(18,19)12-4-2-1-3-5-12/h1-5,11,15H,6-10,14H2/t11-/m1/s1. The van der Waals surface area contributed by atoms with Gasteiger partial charge in [0.05, 0.1) is 4.90 Å². The molecule has 0 unspecified atom stereocenters. The lowest BCUT2D eigenvalue weighted by Crippen LogP contribution is -2.34. The first kappa shape index (κ1) is 15.0. The minimum atomic E-state index is -3.54. The fraction of sp³-hybridized carbons (Fsp3) is 0.462. The third-order valence-corrected chi connectivity index (χ3v) is 4.74. The molecule has 1 aromatic rings. The van der Waals surface area contributed by atoms with Crippen LogP contribution in [0.1, 0.15) is 12.8 Å². The van der Waals surface area contributed by atoms with E-state index in [1.807, 2.05) is 0 Å². The highest BCUT2D eigenvalue weighted by Gasteiger charge is 2.23. The second-order valence-corrected chi connectivity index (χ2v) is 6.62. The number of nitrogens with two attached hydrogens (primary N) is 1. The third-order valence-electron chi connectivity index (χ3n) is 3.26. The maximum absolute atomic E-state index is 11.9. The van der Waals surface area contributed by atoms with Crippen LogP contribution in [0.25, 0.3) is 0 Å². The molecule has 1 amide bonds. The Bertz CT molecular complexity index is 559. The number of sulfonamides is 1. The Morgan fingerprint density at radius 1 is 1.35 bits per heavy atom. The van der Waals surface area contributed by atoms with E-state index in [1.54, 1.807) is 23.1 Å². The summed E-state index contributed by atoms with van der Waals surface area (Å²) in [7, 11) is -3.54. The second kappa shape index (κ2) is 6.34. The quantitative estimate of drug-likeness (QED) is 0.795. The Balaban J connectivity index is 1.82. The number of nitrogens with zero attached hydrogens (tertiary/aromatic N) is 1. The molecule has 0 radical (unpaired) electrons. The topological polar surface area (TPSA) is 92.5 Å². The summed E-state index contributed by atoms with van der Waals surface area (Å²) >= 11 is 0. The van der Waals surface area contributed by atoms with Gasteiger partial charge >= 0.3 is 0 Å². The van der Waals surface area contributed by atoms with Crippen LogP contribution in [-0.2, 0) is 14.8 Å². The lowest BCUT2D eigenvalue weighted by Gasteiger charge is -2.15. The first-order valence-electron chi connectivity index (χ1n) is 6.57. The van der Waals surface area contributed by atoms with Gasteiger partial charge < -0.3 is 10.6 Å². The number of benzene rings is 1. The Hall–Kier alpha value is -1.44. The molecule has 2 rings (SSSR count). The van der Waals surface area contributed by atoms with Crippen molar-refractivity contribution in [3.8, 4) is 0 Å². The van der Waals surface area contributed by atoms with E-state index in [2.05, 4.69) is 4.72 Å². The minimum Gasteiger partial charge on any atom is -0.341 e. The molecule has 3 N–H and O–H groups in total. The van der Waals surface area contributed by atoms with Crippen molar-refractivity contribution in [2.75, 3.05) is 19.6 Å². The number of carbonyl (C=O) groups is 1. The summed E-state index contributed by atoms with van der Waals surface area (Å²) in [5.74, 6) is -0.0614. The molecule has 1 atom stereocenters. The summed E-state index contributed by atoms with van der Waals surface area (Å²) in [5.41, 5.74) is 5.73. The summed E-state index contributed by atoms with van der Waals surface area (Å²) in [6.07, 6.45) is 0.959. The van der Waals surface area contributed by atoms with Crippen LogP contribution in [0.3, 0.4) is 0 Å². The fourth-order valence-corrected chi connectivity index (χ4v) is 3.20. The highest BCUT2D eigenvalue weighted by Crippen LogP contribution is 2.09. The highest BCUT2D eigenvalue weighted by molar-refractivity contribution is 7.89. The van der Waals surface area contributed by atoms with Gasteiger partial charge in [0.1, 0.15) is 0 Å². The molecule has 0 saturated carbocycles. The number of hydrogen-bond donors (Lipinski definition) is 2. The van der Waals surface area contributed by atoms with Gasteiger partial charge in [0.2, 0.25) is 15.9 Å². The number of nitrogens with one attached hydrogen (secondary N) is 1. The second-order valence-electron chi connectivity index (χ2n) is 4.85. The van der Waals surface area contributed by atoms with E-state index < -0.39 is 10.0 Å². The number of likely N-dealkylation sites (tertiary alicyclic amines) is 1. The number of amides is 1. The molecular formula is C13H19N3O3S. The molecule has 1 heterocycles. The van der Waals surface area contributed by atoms with Crippen LogP contribution in [-0.4, -0.2) is 44.9 Å². The molecule has 1 aliphatic rings. The van der Waals surface area contributed by atoms with Crippen molar-refractivity contribution in [1.82, 2.24) is 9.62 Å². The Kier molecular flexibility index (Phi) is 4.74. The van der Waals surface area contributed by atoms with Crippen molar-refractivity contribution in [3.63, 3.8) is 0 Å². The van der Waals surface area contributed by atoms with Gasteiger partial charge in [-0.3, -0.25) is 4.79 Å². The van der Waals surface area contributed by atoms with Gasteiger partial charge in [0, 0.05) is 32.1 Å². The summed E-state index contributed by atoms with van der Waals surface area (Å²) in [5, 5.41) is 0. The van der Waals surface area contributed by atoms with Crippen molar-refractivity contribution in [2.24, 2.45) is 5.73 Å². The lowest BCUT2D eigenvalue weighted by atomic mass is 10.3. The molecule has 1 aromatic carbocycles. The normalized spacial score (nSPS) is 19.2. The van der Waals surface area contributed by atoms with E-state index in [4.69, 9.17) is 5.73 Å². The fourth-order valence-electron chi connectivity index (χ4n) is 2.15. The van der Waals surface area contributed by atoms with Crippen LogP contribution >= 0.6 is 0 Å². The van der Waals surface area contributed by atoms with Crippen LogP contribution < -0.4 is 10.5 Å². The van der Waals surface area contributed by atoms with Crippen LogP contribution in [0.5, 0.6) is 0 Å². The van der Waals surface area contributed by atoms with Crippen molar-refractivity contribution >= 4 is 15.9 Å². The molecule has 110 valence electrons. The minimum absolute atomic E-state index is 0.0416. The predicted molar refractivity (Wildman–Crippen MR) is 75.4 cm³/mol. The number of rotatable bonds is 5. The zero-order valence-electron chi connectivity index (χ0n) is 11.2. The van der Waals surface area contributed by atoms with Crippen molar-refractivity contribution in [1.29, 1.82) is 0 Å². The summed E-state index contributed by atoms with van der Waals surface area (Å²) in [6.45, 7) is 1.32. The van der Waals surface area contributed by atoms with Gasteiger partial charge in [-0.1, -0.05) is 18.2 Å². The molecule has 7 heteroatoms. The smallest absolute Gasteiger partial charge is 0.240 e. The van der Waals surface area contributed by atoms with Gasteiger partial charge in [0.25, 0.3) is 0 Å². The maximum atomic E-state index is 11.9. The molecule has 1 aliphatic heterocycles. The molecule has 0 aromatic heterocycles. The SMILES string of the molecule is N[C@@H]1CCN(C(=O)CCNS(=O)(=O)c2ccccc2)C1. The van der Waals surface area contributed by atoms with E-state index in [0.717, 1.165) is 6.42 Å². The highest BCUT2D eigenvalue weighted by atomic mass is 32.2. The molecule has 1 fully saturated rings. The van der Waals surface area contributed by atoms with Crippen molar-refractivity contribution < 1.29 is 13.2 Å². The summed E-state index contributed by atoms with van der Waals surface area (Å²) in [4.78, 5) is 13.7. The first-order valence-corrected chi connectivity index (χ1v) is 8.05. The van der Waals surface area contributed by atoms with Gasteiger partial charge in [0.15, 0.2) is 0 Å². The van der Waals surface area contributed by atoms with Gasteiger partial charge in [-0.05, 0) is 18.6 Å². The average molecular weight is 297 g/mol. The van der Waals surface area contributed by atoms with E-state index >= 15 is 0 Å². The monoisotopic (exact) mass is 297 g/mol. The van der Waals surface area contributed by atoms with Crippen molar-refractivity contribution in [3.05, 3.63) is 30.3 Å². The molecule has 0 spiro atoms. The number of hydrogen-bond acceptors (Lipinski definition) is 4. The Morgan fingerprint density at radius 3 is 2.65 bits per heavy atom. The molecule has 0 bridgehead atoms. The molecular weight excluding hydrogens is 278 g/mol. The van der Waals surface area contributed by atoms with Crippen LogP contribution in [0, 0.1) is 0 Å². The van der Waals surface area contributed by atoms with Gasteiger partial charge in [-0.2, -0.15) is 0 Å². The predicted octanol–water partition coefficient (Wildman–Crippen LogP) is -0.0854. The largest absolute Gasteiger partial charge is 0.341 e. The average Bonchev–Trinajstić information content (AvgIpc) is 2.86. The molecule has 1 saturated heterocycles. The van der Waals surface area contributed by atoms with E-state index in [0.29, 0.717) is 13.1 Å². The third kappa shape index (κ3) is 3.78. The van der Waals surface area contributed by atoms with Crippen LogP contribution in [0.15, 0.2) is 35.2 Å². The zero-order chi connectivity index (χ0) is 14.6. The Morgan fingerprint density at radius 2 is 2.05 bits per heavy atom. The lowest BCUT2D eigenvalue weighted by molar-refractivity contribution is -0.129. The zero-order valence-corrected chi connectivity index (χ0v) is 12.0. The maximum Gasteiger partial charge on any atom is 0.240 e. The molecule has 0 aliphatic carbocycles. The molecule has 20 heavy (non-hydrogen) atoms. The first-order chi connectivity index (χ1) is 9.49. The summed E-state index contributed by atoms with van der Waals surface area (Å²) in [6, 6.07) is 8.14. The Labute approximate surface area is 119 Å². The van der Waals surface area contributed by atoms with Crippen molar-refractivity contribution in [2.45, 2.75) is 23.8 Å². The van der Waals surface area contributed by atoms with E-state index in [-0.39, 0.29) is 29.8 Å². The van der Waals surface area contributed by atoms with Gasteiger partial charge in [-0.25, -0.2) is 13.1 Å². The van der Waals surface area contributed by atoms with Gasteiger partial charge in [-0.15, -0.1) is 0 Å². The summed E-state index contributed by atoms with van der Waals surface area (Å²) < 4.78 is 26.3.